The summed E-state index contributed by atoms with van der Waals surface area (Å²) in [5, 5.41) is 17.1. The summed E-state index contributed by atoms with van der Waals surface area (Å²) in [6.45, 7) is 11.1. The minimum atomic E-state index is -1.10. The van der Waals surface area contributed by atoms with Crippen LogP contribution in [0.5, 0.6) is 0 Å². The number of carboxylic acids is 1. The smallest absolute Gasteiger partial charge is 0.329 e. The molecule has 0 aliphatic heterocycles. The summed E-state index contributed by atoms with van der Waals surface area (Å²) in [4.78, 5) is 59.7. The predicted octanol–water partition coefficient (Wildman–Crippen LogP) is 5.95. The number of hydrogen-bond acceptors (Lipinski definition) is 10. The number of rotatable bonds is 37. The number of ether oxygens (including phenoxy) is 4. The molecule has 4 N–H and O–H groups in total. The standard InChI is InChI=1S/C39H73N3O10S/c1-5-6-7-8-11-14-31-53-32-15-12-9-10-13-18-34(43)40-23-16-25-49-27-29-51-30-28-50-26-17-24-41-35(44)20-21-36(45)42-33(19-22-37(46)47)38(48)52-39(2,3)4/h33H,5-32H2,1-4H3,(H,40,43)(H,41,44)(H,42,45)(H,46,47). The number of thioether (sulfide) groups is 1. The zero-order valence-electron chi connectivity index (χ0n) is 33.4. The van der Waals surface area contributed by atoms with Gasteiger partial charge in [-0.25, -0.2) is 4.79 Å². The molecule has 14 heteroatoms. The number of amides is 3. The SMILES string of the molecule is CCCCCCCCSCCCCCCCC(=O)NCCCOCCOCCOCCCNC(=O)CCC(=O)NC(CCC(=O)O)C(=O)OC(C)(C)C. The van der Waals surface area contributed by atoms with Crippen molar-refractivity contribution in [1.29, 1.82) is 0 Å². The Bertz CT molecular complexity index is 964. The number of unbranched alkanes of at least 4 members (excludes halogenated alkanes) is 9. The Labute approximate surface area is 323 Å². The Morgan fingerprint density at radius 2 is 1.06 bits per heavy atom. The first-order chi connectivity index (χ1) is 25.4. The molecule has 0 aromatic rings. The highest BCUT2D eigenvalue weighted by Gasteiger charge is 2.27. The van der Waals surface area contributed by atoms with Gasteiger partial charge in [-0.05, 0) is 70.8 Å². The van der Waals surface area contributed by atoms with Gasteiger partial charge in [0.2, 0.25) is 17.7 Å². The summed E-state index contributed by atoms with van der Waals surface area (Å²) in [7, 11) is 0. The number of carboxylic acid groups (broad SMARTS) is 1. The van der Waals surface area contributed by atoms with Crippen molar-refractivity contribution >= 4 is 41.4 Å². The molecule has 13 nitrogen and oxygen atoms in total. The van der Waals surface area contributed by atoms with E-state index in [4.69, 9.17) is 24.1 Å². The maximum atomic E-state index is 12.4. The summed E-state index contributed by atoms with van der Waals surface area (Å²) in [6.07, 6.45) is 15.3. The normalized spacial score (nSPS) is 11.9. The van der Waals surface area contributed by atoms with Crippen molar-refractivity contribution < 1.29 is 48.0 Å². The summed E-state index contributed by atoms with van der Waals surface area (Å²) in [5.74, 6) is 0.0247. The Morgan fingerprint density at radius 3 is 1.58 bits per heavy atom. The molecule has 0 spiro atoms. The van der Waals surface area contributed by atoms with E-state index in [-0.39, 0.29) is 37.5 Å². The third kappa shape index (κ3) is 37.7. The van der Waals surface area contributed by atoms with Gasteiger partial charge in [0, 0.05) is 52.0 Å². The fourth-order valence-corrected chi connectivity index (χ4v) is 6.03. The van der Waals surface area contributed by atoms with Gasteiger partial charge in [-0.2, -0.15) is 11.8 Å². The molecule has 3 amide bonds. The van der Waals surface area contributed by atoms with E-state index in [1.54, 1.807) is 20.8 Å². The van der Waals surface area contributed by atoms with Gasteiger partial charge in [-0.15, -0.1) is 0 Å². The molecule has 310 valence electrons. The molecule has 0 heterocycles. The van der Waals surface area contributed by atoms with E-state index in [1.165, 1.54) is 69.3 Å². The van der Waals surface area contributed by atoms with E-state index < -0.39 is 29.5 Å². The van der Waals surface area contributed by atoms with E-state index in [0.29, 0.717) is 65.6 Å². The minimum Gasteiger partial charge on any atom is -0.481 e. The fraction of sp³-hybridized carbons (Fsp3) is 0.872. The number of hydrogen-bond donors (Lipinski definition) is 4. The third-order valence-electron chi connectivity index (χ3n) is 7.91. The molecule has 0 aliphatic carbocycles. The van der Waals surface area contributed by atoms with Crippen LogP contribution >= 0.6 is 11.8 Å². The Hall–Kier alpha value is -2.42. The third-order valence-corrected chi connectivity index (χ3v) is 9.06. The van der Waals surface area contributed by atoms with Crippen LogP contribution in [0.4, 0.5) is 0 Å². The molecule has 0 rings (SSSR count). The predicted molar refractivity (Wildman–Crippen MR) is 210 cm³/mol. The van der Waals surface area contributed by atoms with Gasteiger partial charge in [-0.1, -0.05) is 58.3 Å². The van der Waals surface area contributed by atoms with Gasteiger partial charge < -0.3 is 40.0 Å². The number of carbonyl (C=O) groups excluding carboxylic acids is 4. The quantitative estimate of drug-likeness (QED) is 0.0433. The average Bonchev–Trinajstić information content (AvgIpc) is 3.10. The lowest BCUT2D eigenvalue weighted by molar-refractivity contribution is -0.159. The van der Waals surface area contributed by atoms with Crippen molar-refractivity contribution in [1.82, 2.24) is 16.0 Å². The van der Waals surface area contributed by atoms with Crippen LogP contribution in [0.15, 0.2) is 0 Å². The maximum Gasteiger partial charge on any atom is 0.329 e. The largest absolute Gasteiger partial charge is 0.481 e. The first kappa shape index (κ1) is 50.6. The van der Waals surface area contributed by atoms with E-state index in [9.17, 15) is 24.0 Å². The van der Waals surface area contributed by atoms with Gasteiger partial charge in [0.1, 0.15) is 11.6 Å². The van der Waals surface area contributed by atoms with Gasteiger partial charge in [0.15, 0.2) is 0 Å². The topological polar surface area (TPSA) is 179 Å². The fourth-order valence-electron chi connectivity index (χ4n) is 5.01. The van der Waals surface area contributed by atoms with Gasteiger partial charge >= 0.3 is 11.9 Å². The highest BCUT2D eigenvalue weighted by Crippen LogP contribution is 2.14. The van der Waals surface area contributed by atoms with E-state index in [1.807, 2.05) is 0 Å². The van der Waals surface area contributed by atoms with Crippen LogP contribution in [-0.2, 0) is 42.9 Å². The molecular formula is C39H73N3O10S. The second kappa shape index (κ2) is 35.3. The van der Waals surface area contributed by atoms with Crippen molar-refractivity contribution in [3.8, 4) is 0 Å². The summed E-state index contributed by atoms with van der Waals surface area (Å²) >= 11 is 2.09. The molecule has 0 saturated heterocycles. The van der Waals surface area contributed by atoms with Crippen LogP contribution in [0, 0.1) is 0 Å². The van der Waals surface area contributed by atoms with Crippen LogP contribution < -0.4 is 16.0 Å². The van der Waals surface area contributed by atoms with E-state index in [2.05, 4.69) is 34.6 Å². The molecule has 1 unspecified atom stereocenters. The summed E-state index contributed by atoms with van der Waals surface area (Å²) in [6, 6.07) is -1.10. The lowest BCUT2D eigenvalue weighted by Gasteiger charge is -2.24. The molecule has 0 saturated carbocycles. The lowest BCUT2D eigenvalue weighted by Crippen LogP contribution is -2.44. The lowest BCUT2D eigenvalue weighted by atomic mass is 10.1. The maximum absolute atomic E-state index is 12.4. The Kier molecular flexibility index (Phi) is 33.7. The molecule has 0 aliphatic rings. The van der Waals surface area contributed by atoms with E-state index >= 15 is 0 Å². The molecule has 0 fully saturated rings. The van der Waals surface area contributed by atoms with E-state index in [0.717, 1.165) is 19.3 Å². The van der Waals surface area contributed by atoms with Gasteiger partial charge in [0.05, 0.1) is 26.4 Å². The van der Waals surface area contributed by atoms with Crippen LogP contribution in [0.1, 0.15) is 143 Å². The molecule has 1 atom stereocenters. The number of nitrogens with one attached hydrogen (secondary N) is 3. The second-order valence-corrected chi connectivity index (χ2v) is 15.5. The number of carbonyl (C=O) groups is 5. The monoisotopic (exact) mass is 776 g/mol. The van der Waals surface area contributed by atoms with Gasteiger partial charge in [0.25, 0.3) is 0 Å². The van der Waals surface area contributed by atoms with Gasteiger partial charge in [-0.3, -0.25) is 19.2 Å². The average molecular weight is 776 g/mol. The number of esters is 1. The molecular weight excluding hydrogens is 703 g/mol. The molecule has 0 radical (unpaired) electrons. The first-order valence-electron chi connectivity index (χ1n) is 20.0. The minimum absolute atomic E-state index is 0.0731. The molecule has 0 bridgehead atoms. The first-order valence-corrected chi connectivity index (χ1v) is 21.2. The van der Waals surface area contributed by atoms with Crippen LogP contribution in [0.3, 0.4) is 0 Å². The van der Waals surface area contributed by atoms with Crippen LogP contribution in [0.25, 0.3) is 0 Å². The van der Waals surface area contributed by atoms with Crippen molar-refractivity contribution in [3.63, 3.8) is 0 Å². The Balaban J connectivity index is 3.56. The van der Waals surface area contributed by atoms with Crippen LogP contribution in [-0.4, -0.2) is 111 Å². The summed E-state index contributed by atoms with van der Waals surface area (Å²) in [5.41, 5.74) is -0.789. The van der Waals surface area contributed by atoms with Crippen LogP contribution in [0.2, 0.25) is 0 Å². The summed E-state index contributed by atoms with van der Waals surface area (Å²) < 4.78 is 21.8. The molecule has 0 aromatic heterocycles. The van der Waals surface area contributed by atoms with Crippen molar-refractivity contribution in [3.05, 3.63) is 0 Å². The van der Waals surface area contributed by atoms with Crippen molar-refractivity contribution in [2.45, 2.75) is 155 Å². The zero-order valence-corrected chi connectivity index (χ0v) is 34.2. The molecule has 53 heavy (non-hydrogen) atoms. The highest BCUT2D eigenvalue weighted by atomic mass is 32.2. The zero-order chi connectivity index (χ0) is 39.4. The molecule has 0 aromatic carbocycles. The number of aliphatic carboxylic acids is 1. The van der Waals surface area contributed by atoms with Crippen molar-refractivity contribution in [2.24, 2.45) is 0 Å². The Morgan fingerprint density at radius 1 is 0.585 bits per heavy atom. The van der Waals surface area contributed by atoms with Crippen molar-refractivity contribution in [2.75, 3.05) is 64.2 Å². The highest BCUT2D eigenvalue weighted by molar-refractivity contribution is 7.99. The second-order valence-electron chi connectivity index (χ2n) is 14.2.